The summed E-state index contributed by atoms with van der Waals surface area (Å²) in [7, 11) is 0. The van der Waals surface area contributed by atoms with Crippen molar-refractivity contribution in [2.24, 2.45) is 0 Å². The summed E-state index contributed by atoms with van der Waals surface area (Å²) >= 11 is 1.47. The monoisotopic (exact) mass is 353 g/mol. The summed E-state index contributed by atoms with van der Waals surface area (Å²) in [6.07, 6.45) is 0.850. The number of aromatic nitrogens is 3. The molecule has 0 amide bonds. The fraction of sp³-hybridized carbons (Fsp3) is 0.211. The van der Waals surface area contributed by atoms with Gasteiger partial charge in [0.05, 0.1) is 6.61 Å². The highest BCUT2D eigenvalue weighted by molar-refractivity contribution is 7.99. The summed E-state index contributed by atoms with van der Waals surface area (Å²) < 4.78 is 5.63. The summed E-state index contributed by atoms with van der Waals surface area (Å²) in [5.41, 5.74) is 2.03. The third-order valence-electron chi connectivity index (χ3n) is 3.54. The van der Waals surface area contributed by atoms with Crippen LogP contribution >= 0.6 is 11.8 Å². The molecule has 0 fully saturated rings. The van der Waals surface area contributed by atoms with E-state index < -0.39 is 0 Å². The number of nitrogens with one attached hydrogen (secondary N) is 1. The van der Waals surface area contributed by atoms with Gasteiger partial charge in [-0.05, 0) is 25.5 Å². The van der Waals surface area contributed by atoms with Crippen LogP contribution in [0.3, 0.4) is 0 Å². The fourth-order valence-corrected chi connectivity index (χ4v) is 2.94. The zero-order valence-corrected chi connectivity index (χ0v) is 14.8. The lowest BCUT2D eigenvalue weighted by molar-refractivity contribution is 0.318. The maximum absolute atomic E-state index is 12.2. The number of para-hydroxylation sites is 1. The average molecular weight is 353 g/mol. The number of rotatable bonds is 7. The van der Waals surface area contributed by atoms with Gasteiger partial charge >= 0.3 is 0 Å². The maximum Gasteiger partial charge on any atom is 0.278 e. The smallest absolute Gasteiger partial charge is 0.278 e. The van der Waals surface area contributed by atoms with Gasteiger partial charge in [0.25, 0.3) is 5.56 Å². The molecule has 0 saturated carbocycles. The van der Waals surface area contributed by atoms with Crippen molar-refractivity contribution in [1.29, 1.82) is 0 Å². The van der Waals surface area contributed by atoms with Crippen molar-refractivity contribution in [2.75, 3.05) is 12.4 Å². The molecule has 3 aromatic rings. The van der Waals surface area contributed by atoms with E-state index in [1.807, 2.05) is 61.5 Å². The Hall–Kier alpha value is -2.60. The number of ether oxygens (including phenoxy) is 1. The van der Waals surface area contributed by atoms with Crippen molar-refractivity contribution in [1.82, 2.24) is 15.2 Å². The van der Waals surface area contributed by atoms with Gasteiger partial charge in [-0.2, -0.15) is 0 Å². The molecule has 0 bridgehead atoms. The second kappa shape index (κ2) is 8.48. The van der Waals surface area contributed by atoms with E-state index in [1.54, 1.807) is 0 Å². The van der Waals surface area contributed by atoms with Gasteiger partial charge in [0.2, 0.25) is 0 Å². The van der Waals surface area contributed by atoms with Crippen molar-refractivity contribution in [3.63, 3.8) is 0 Å². The number of aromatic amines is 1. The van der Waals surface area contributed by atoms with Gasteiger partial charge in [-0.25, -0.2) is 0 Å². The molecule has 0 aliphatic carbocycles. The van der Waals surface area contributed by atoms with Gasteiger partial charge < -0.3 is 4.74 Å². The molecule has 0 radical (unpaired) electrons. The fourth-order valence-electron chi connectivity index (χ4n) is 2.22. The number of nitrogens with zero attached hydrogens (tertiary/aromatic N) is 2. The topological polar surface area (TPSA) is 67.9 Å². The molecule has 128 valence electrons. The minimum atomic E-state index is -0.220. The van der Waals surface area contributed by atoms with Crippen LogP contribution in [-0.2, 0) is 0 Å². The van der Waals surface area contributed by atoms with E-state index in [2.05, 4.69) is 15.2 Å². The third kappa shape index (κ3) is 4.93. The number of aryl methyl sites for hydroxylation is 1. The van der Waals surface area contributed by atoms with Gasteiger partial charge in [-0.3, -0.25) is 9.78 Å². The Morgan fingerprint density at radius 3 is 2.52 bits per heavy atom. The maximum atomic E-state index is 12.2. The standard InChI is InChI=1S/C19H19N3O2S/c1-14-8-10-15(11-9-14)17-18(23)20-19(22-21-17)25-13-5-12-24-16-6-3-2-4-7-16/h2-4,6-11H,5,12-13H2,1H3,(H,20,22,23). The minimum Gasteiger partial charge on any atom is -0.494 e. The van der Waals surface area contributed by atoms with Gasteiger partial charge in [0, 0.05) is 11.3 Å². The van der Waals surface area contributed by atoms with E-state index in [0.717, 1.165) is 29.1 Å². The molecule has 6 heteroatoms. The van der Waals surface area contributed by atoms with Crippen LogP contribution in [0.1, 0.15) is 12.0 Å². The van der Waals surface area contributed by atoms with E-state index >= 15 is 0 Å². The first kappa shape index (κ1) is 17.2. The largest absolute Gasteiger partial charge is 0.494 e. The van der Waals surface area contributed by atoms with Crippen LogP contribution in [0.25, 0.3) is 11.3 Å². The van der Waals surface area contributed by atoms with Crippen LogP contribution < -0.4 is 10.3 Å². The van der Waals surface area contributed by atoms with Gasteiger partial charge in [-0.15, -0.1) is 10.2 Å². The van der Waals surface area contributed by atoms with Crippen LogP contribution in [0.4, 0.5) is 0 Å². The Kier molecular flexibility index (Phi) is 5.85. The quantitative estimate of drug-likeness (QED) is 0.518. The summed E-state index contributed by atoms with van der Waals surface area (Å²) in [4.78, 5) is 15.0. The molecule has 0 unspecified atom stereocenters. The van der Waals surface area contributed by atoms with Gasteiger partial charge in [0.15, 0.2) is 10.9 Å². The van der Waals surface area contributed by atoms with Crippen molar-refractivity contribution in [3.05, 3.63) is 70.5 Å². The third-order valence-corrected chi connectivity index (χ3v) is 4.49. The highest BCUT2D eigenvalue weighted by Gasteiger charge is 2.07. The summed E-state index contributed by atoms with van der Waals surface area (Å²) in [6.45, 7) is 2.62. The molecule has 1 aromatic heterocycles. The number of hydrogen-bond donors (Lipinski definition) is 1. The zero-order valence-electron chi connectivity index (χ0n) is 13.9. The predicted molar refractivity (Wildman–Crippen MR) is 100 cm³/mol. The van der Waals surface area contributed by atoms with Gasteiger partial charge in [0.1, 0.15) is 5.75 Å². The number of thioether (sulfide) groups is 1. The van der Waals surface area contributed by atoms with E-state index in [1.165, 1.54) is 11.8 Å². The van der Waals surface area contributed by atoms with E-state index in [0.29, 0.717) is 17.5 Å². The average Bonchev–Trinajstić information content (AvgIpc) is 2.63. The van der Waals surface area contributed by atoms with Crippen LogP contribution in [0.15, 0.2) is 64.5 Å². The highest BCUT2D eigenvalue weighted by atomic mass is 32.2. The number of benzene rings is 2. The highest BCUT2D eigenvalue weighted by Crippen LogP contribution is 2.16. The molecular formula is C19H19N3O2S. The molecule has 5 nitrogen and oxygen atoms in total. The SMILES string of the molecule is Cc1ccc(-c2nnc(SCCCOc3ccccc3)[nH]c2=O)cc1. The van der Waals surface area contributed by atoms with Gasteiger partial charge in [-0.1, -0.05) is 59.8 Å². The van der Waals surface area contributed by atoms with E-state index in [9.17, 15) is 4.79 Å². The molecule has 2 aromatic carbocycles. The van der Waals surface area contributed by atoms with E-state index in [-0.39, 0.29) is 5.56 Å². The summed E-state index contributed by atoms with van der Waals surface area (Å²) in [5.74, 6) is 1.66. The first-order valence-electron chi connectivity index (χ1n) is 8.07. The Morgan fingerprint density at radius 1 is 1.04 bits per heavy atom. The van der Waals surface area contributed by atoms with Crippen molar-refractivity contribution < 1.29 is 4.74 Å². The predicted octanol–water partition coefficient (Wildman–Crippen LogP) is 3.70. The van der Waals surface area contributed by atoms with E-state index in [4.69, 9.17) is 4.74 Å². The first-order valence-corrected chi connectivity index (χ1v) is 9.05. The second-order valence-corrected chi connectivity index (χ2v) is 6.62. The molecule has 3 rings (SSSR count). The Morgan fingerprint density at radius 2 is 1.80 bits per heavy atom. The van der Waals surface area contributed by atoms with Crippen molar-refractivity contribution in [2.45, 2.75) is 18.5 Å². The Balaban J connectivity index is 1.51. The normalized spacial score (nSPS) is 10.6. The van der Waals surface area contributed by atoms with Crippen LogP contribution in [-0.4, -0.2) is 27.5 Å². The molecular weight excluding hydrogens is 334 g/mol. The molecule has 1 heterocycles. The molecule has 0 aliphatic rings. The summed E-state index contributed by atoms with van der Waals surface area (Å²) in [6, 6.07) is 17.4. The van der Waals surface area contributed by atoms with Crippen LogP contribution in [0, 0.1) is 6.92 Å². The van der Waals surface area contributed by atoms with Crippen molar-refractivity contribution in [3.8, 4) is 17.0 Å². The Bertz CT molecular complexity index is 864. The Labute approximate surface area is 150 Å². The number of hydrogen-bond acceptors (Lipinski definition) is 5. The molecule has 0 atom stereocenters. The lowest BCUT2D eigenvalue weighted by atomic mass is 10.1. The lowest BCUT2D eigenvalue weighted by Gasteiger charge is -2.05. The molecule has 25 heavy (non-hydrogen) atoms. The summed E-state index contributed by atoms with van der Waals surface area (Å²) in [5, 5.41) is 8.72. The zero-order chi connectivity index (χ0) is 17.5. The lowest BCUT2D eigenvalue weighted by Crippen LogP contribution is -2.14. The first-order chi connectivity index (χ1) is 12.2. The molecule has 0 spiro atoms. The second-order valence-electron chi connectivity index (χ2n) is 5.54. The van der Waals surface area contributed by atoms with Crippen LogP contribution in [0.2, 0.25) is 0 Å². The minimum absolute atomic E-state index is 0.220. The molecule has 1 N–H and O–H groups in total. The molecule has 0 saturated heterocycles. The van der Waals surface area contributed by atoms with Crippen molar-refractivity contribution >= 4 is 11.8 Å². The number of H-pyrrole nitrogens is 1. The van der Waals surface area contributed by atoms with Crippen LogP contribution in [0.5, 0.6) is 5.75 Å². The molecule has 0 aliphatic heterocycles.